The molecule has 3 rings (SSSR count). The van der Waals surface area contributed by atoms with Crippen LogP contribution >= 0.6 is 0 Å². The van der Waals surface area contributed by atoms with E-state index in [1.165, 1.54) is 6.07 Å². The molecule has 22 heavy (non-hydrogen) atoms. The highest BCUT2D eigenvalue weighted by Gasteiger charge is 2.42. The Bertz CT molecular complexity index is 663. The van der Waals surface area contributed by atoms with Crippen LogP contribution in [0.4, 0.5) is 4.39 Å². The van der Waals surface area contributed by atoms with Crippen molar-refractivity contribution in [3.63, 3.8) is 0 Å². The van der Waals surface area contributed by atoms with Crippen molar-refractivity contribution in [3.05, 3.63) is 81.7 Å². The van der Waals surface area contributed by atoms with Gasteiger partial charge in [-0.2, -0.15) is 0 Å². The van der Waals surface area contributed by atoms with Crippen LogP contribution in [0.5, 0.6) is 0 Å². The van der Waals surface area contributed by atoms with Crippen LogP contribution in [0.2, 0.25) is 0 Å². The first-order valence-corrected chi connectivity index (χ1v) is 7.29. The summed E-state index contributed by atoms with van der Waals surface area (Å²) in [5.74, 6) is -0.763. The largest absolute Gasteiger partial charge is 0.292 e. The van der Waals surface area contributed by atoms with Gasteiger partial charge in [-0.05, 0) is 17.2 Å². The van der Waals surface area contributed by atoms with Crippen LogP contribution < -0.4 is 0 Å². The fraction of sp³-hybridized carbons (Fsp3) is 0.294. The van der Waals surface area contributed by atoms with Crippen molar-refractivity contribution in [1.82, 2.24) is 4.90 Å². The average molecular weight is 300 g/mol. The van der Waals surface area contributed by atoms with E-state index in [-0.39, 0.29) is 10.7 Å². The highest BCUT2D eigenvalue weighted by atomic mass is 19.1. The van der Waals surface area contributed by atoms with Gasteiger partial charge in [-0.15, -0.1) is 0 Å². The highest BCUT2D eigenvalue weighted by molar-refractivity contribution is 5.25. The second kappa shape index (κ2) is 6.23. The summed E-state index contributed by atoms with van der Waals surface area (Å²) in [4.78, 5) is 13.1. The molecule has 2 atom stereocenters. The molecule has 4 nitrogen and oxygen atoms in total. The molecular formula is C17H17FN2O2. The number of rotatable bonds is 4. The third kappa shape index (κ3) is 2.99. The average Bonchev–Trinajstić information content (AvgIpc) is 2.92. The molecule has 0 spiro atoms. The number of halogens is 1. The zero-order valence-corrected chi connectivity index (χ0v) is 12.1. The van der Waals surface area contributed by atoms with Gasteiger partial charge in [0.15, 0.2) is 0 Å². The normalized spacial score (nSPS) is 21.9. The smallest absolute Gasteiger partial charge is 0.233 e. The lowest BCUT2D eigenvalue weighted by Crippen LogP contribution is -2.28. The van der Waals surface area contributed by atoms with Crippen molar-refractivity contribution >= 4 is 0 Å². The van der Waals surface area contributed by atoms with Crippen LogP contribution in [0.3, 0.4) is 0 Å². The van der Waals surface area contributed by atoms with E-state index in [1.807, 2.05) is 35.2 Å². The van der Waals surface area contributed by atoms with Gasteiger partial charge in [0.2, 0.25) is 6.04 Å². The van der Waals surface area contributed by atoms with Gasteiger partial charge in [0.05, 0.1) is 12.5 Å². The number of nitrogens with zero attached hydrogens (tertiary/aromatic N) is 2. The minimum Gasteiger partial charge on any atom is -0.292 e. The molecule has 0 radical (unpaired) electrons. The maximum atomic E-state index is 14.0. The predicted molar refractivity (Wildman–Crippen MR) is 81.6 cm³/mol. The molecule has 1 aliphatic rings. The molecule has 0 amide bonds. The molecular weight excluding hydrogens is 283 g/mol. The van der Waals surface area contributed by atoms with Gasteiger partial charge in [-0.1, -0.05) is 48.5 Å². The summed E-state index contributed by atoms with van der Waals surface area (Å²) in [6.07, 6.45) is 0. The van der Waals surface area contributed by atoms with E-state index in [1.54, 1.807) is 18.2 Å². The van der Waals surface area contributed by atoms with Crippen LogP contribution in [-0.2, 0) is 6.54 Å². The molecule has 1 aliphatic heterocycles. The minimum absolute atomic E-state index is 0.276. The Hall–Kier alpha value is -2.27. The molecule has 0 aromatic heterocycles. The van der Waals surface area contributed by atoms with E-state index in [0.29, 0.717) is 25.2 Å². The summed E-state index contributed by atoms with van der Waals surface area (Å²) in [5.41, 5.74) is 1.55. The third-order valence-electron chi connectivity index (χ3n) is 4.19. The molecule has 1 saturated heterocycles. The summed E-state index contributed by atoms with van der Waals surface area (Å²) < 4.78 is 14.0. The van der Waals surface area contributed by atoms with Gasteiger partial charge in [0.25, 0.3) is 0 Å². The lowest BCUT2D eigenvalue weighted by molar-refractivity contribution is -0.521. The van der Waals surface area contributed by atoms with Crippen molar-refractivity contribution in [2.75, 3.05) is 13.1 Å². The van der Waals surface area contributed by atoms with E-state index >= 15 is 0 Å². The van der Waals surface area contributed by atoms with Gasteiger partial charge in [-0.25, -0.2) is 4.39 Å². The summed E-state index contributed by atoms with van der Waals surface area (Å²) in [7, 11) is 0. The Kier molecular flexibility index (Phi) is 4.15. The minimum atomic E-state index is -0.763. The van der Waals surface area contributed by atoms with Gasteiger partial charge in [0, 0.05) is 18.0 Å². The Balaban J connectivity index is 1.81. The molecule has 2 aromatic carbocycles. The summed E-state index contributed by atoms with van der Waals surface area (Å²) in [6, 6.07) is 15.4. The maximum absolute atomic E-state index is 14.0. The number of benzene rings is 2. The van der Waals surface area contributed by atoms with Crippen LogP contribution in [0, 0.1) is 15.9 Å². The number of hydrogen-bond donors (Lipinski definition) is 0. The van der Waals surface area contributed by atoms with E-state index in [0.717, 1.165) is 5.56 Å². The van der Waals surface area contributed by atoms with Crippen molar-refractivity contribution in [2.24, 2.45) is 0 Å². The molecule has 0 bridgehead atoms. The van der Waals surface area contributed by atoms with Crippen LogP contribution in [0.25, 0.3) is 0 Å². The van der Waals surface area contributed by atoms with Crippen molar-refractivity contribution in [1.29, 1.82) is 0 Å². The van der Waals surface area contributed by atoms with E-state index in [2.05, 4.69) is 0 Å². The quantitative estimate of drug-likeness (QED) is 0.644. The molecule has 1 heterocycles. The molecule has 0 unspecified atom stereocenters. The summed E-state index contributed by atoms with van der Waals surface area (Å²) in [5, 5.41) is 11.4. The fourth-order valence-electron chi connectivity index (χ4n) is 3.13. The Labute approximate surface area is 128 Å². The molecule has 0 saturated carbocycles. The lowest BCUT2D eigenvalue weighted by atomic mass is 9.94. The molecule has 0 N–H and O–H groups in total. The Morgan fingerprint density at radius 3 is 2.45 bits per heavy atom. The van der Waals surface area contributed by atoms with Gasteiger partial charge < -0.3 is 0 Å². The van der Waals surface area contributed by atoms with Crippen molar-refractivity contribution in [2.45, 2.75) is 18.5 Å². The second-order valence-electron chi connectivity index (χ2n) is 5.66. The van der Waals surface area contributed by atoms with Crippen molar-refractivity contribution < 1.29 is 9.31 Å². The first-order chi connectivity index (χ1) is 10.6. The van der Waals surface area contributed by atoms with E-state index < -0.39 is 12.0 Å². The van der Waals surface area contributed by atoms with Crippen LogP contribution in [0.1, 0.15) is 17.0 Å². The third-order valence-corrected chi connectivity index (χ3v) is 4.19. The maximum Gasteiger partial charge on any atom is 0.233 e. The van der Waals surface area contributed by atoms with Gasteiger partial charge in [0.1, 0.15) is 5.82 Å². The number of nitro groups is 1. The molecule has 0 aliphatic carbocycles. The monoisotopic (exact) mass is 300 g/mol. The predicted octanol–water partition coefficient (Wildman–Crippen LogP) is 3.07. The molecule has 114 valence electrons. The standard InChI is InChI=1S/C17H17FN2O2/c18-16-9-5-4-8-14(16)15-11-19(12-17(15)20(21)22)10-13-6-2-1-3-7-13/h1-9,15,17H,10-12H2/t15-,17+/m1/s1. The topological polar surface area (TPSA) is 46.4 Å². The van der Waals surface area contributed by atoms with Crippen molar-refractivity contribution in [3.8, 4) is 0 Å². The molecule has 1 fully saturated rings. The lowest BCUT2D eigenvalue weighted by Gasteiger charge is -2.15. The van der Waals surface area contributed by atoms with E-state index in [9.17, 15) is 14.5 Å². The number of likely N-dealkylation sites (tertiary alicyclic amines) is 1. The van der Waals surface area contributed by atoms with E-state index in [4.69, 9.17) is 0 Å². The molecule has 5 heteroatoms. The first kappa shape index (κ1) is 14.7. The zero-order chi connectivity index (χ0) is 15.5. The second-order valence-corrected chi connectivity index (χ2v) is 5.66. The Morgan fingerprint density at radius 1 is 1.09 bits per heavy atom. The summed E-state index contributed by atoms with van der Waals surface area (Å²) in [6.45, 7) is 1.50. The summed E-state index contributed by atoms with van der Waals surface area (Å²) >= 11 is 0. The van der Waals surface area contributed by atoms with Gasteiger partial charge in [-0.3, -0.25) is 15.0 Å². The van der Waals surface area contributed by atoms with Crippen LogP contribution in [-0.4, -0.2) is 29.0 Å². The highest BCUT2D eigenvalue weighted by Crippen LogP contribution is 2.31. The van der Waals surface area contributed by atoms with Gasteiger partial charge >= 0.3 is 0 Å². The first-order valence-electron chi connectivity index (χ1n) is 7.29. The fourth-order valence-corrected chi connectivity index (χ4v) is 3.13. The number of hydrogen-bond acceptors (Lipinski definition) is 3. The van der Waals surface area contributed by atoms with Crippen LogP contribution in [0.15, 0.2) is 54.6 Å². The Morgan fingerprint density at radius 2 is 1.77 bits per heavy atom. The zero-order valence-electron chi connectivity index (χ0n) is 12.1. The molecule has 2 aromatic rings. The SMILES string of the molecule is O=[N+]([O-])[C@H]1CN(Cc2ccccc2)C[C@@H]1c1ccccc1F.